The molecular weight excluding hydrogens is 432 g/mol. The molecule has 2 aromatic carbocycles. The summed E-state index contributed by atoms with van der Waals surface area (Å²) in [5.74, 6) is 2.01. The van der Waals surface area contributed by atoms with E-state index in [2.05, 4.69) is 42.4 Å². The van der Waals surface area contributed by atoms with Gasteiger partial charge in [-0.1, -0.05) is 62.6 Å². The Bertz CT molecular complexity index is 1170. The summed E-state index contributed by atoms with van der Waals surface area (Å²) in [4.78, 5) is 14.2. The molecule has 2 atom stereocenters. The summed E-state index contributed by atoms with van der Waals surface area (Å²) in [6, 6.07) is 14.2. The molecule has 1 fully saturated rings. The molecule has 1 heterocycles. The van der Waals surface area contributed by atoms with Gasteiger partial charge in [0.15, 0.2) is 11.8 Å². The molecule has 1 saturated carbocycles. The first-order valence-corrected chi connectivity index (χ1v) is 11.9. The third-order valence-electron chi connectivity index (χ3n) is 6.07. The minimum Gasteiger partial charge on any atom is -0.370 e. The largest absolute Gasteiger partial charge is 0.370 e. The predicted octanol–water partition coefficient (Wildman–Crippen LogP) is 5.57. The van der Waals surface area contributed by atoms with Crippen LogP contribution in [0.1, 0.15) is 62.4 Å². The zero-order valence-corrected chi connectivity index (χ0v) is 19.9. The maximum Gasteiger partial charge on any atom is 0.186 e. The number of guanidine groups is 1. The standard InChI is InChI=1S/C26H31ClN6/c1-16(2)18-10-13-21-20(15-18)25(31-22-5-3-4-6-23(22)32-26(28)29)33-24(30-21)14-9-17-7-11-19(27)12-8-17/h7-16,22-23H,3-6H2,1-2H3,(H4,28,29,32)(H,30,31,33)/t22-,23+/m0/s1. The van der Waals surface area contributed by atoms with Crippen molar-refractivity contribution in [2.45, 2.75) is 57.5 Å². The molecule has 0 spiro atoms. The van der Waals surface area contributed by atoms with Crippen LogP contribution in [0, 0.1) is 0 Å². The van der Waals surface area contributed by atoms with Crippen molar-refractivity contribution < 1.29 is 0 Å². The van der Waals surface area contributed by atoms with E-state index in [-0.39, 0.29) is 18.0 Å². The third-order valence-corrected chi connectivity index (χ3v) is 6.32. The van der Waals surface area contributed by atoms with Gasteiger partial charge >= 0.3 is 0 Å². The minimum absolute atomic E-state index is 0.0371. The summed E-state index contributed by atoms with van der Waals surface area (Å²) in [5, 5.41) is 5.40. The Kier molecular flexibility index (Phi) is 7.14. The van der Waals surface area contributed by atoms with E-state index in [0.717, 1.165) is 48.0 Å². The van der Waals surface area contributed by atoms with E-state index in [0.29, 0.717) is 16.8 Å². The number of aromatic nitrogens is 2. The fraction of sp³-hybridized carbons (Fsp3) is 0.346. The summed E-state index contributed by atoms with van der Waals surface area (Å²) in [5.41, 5.74) is 14.6. The van der Waals surface area contributed by atoms with Crippen molar-refractivity contribution in [3.05, 3.63) is 64.4 Å². The lowest BCUT2D eigenvalue weighted by Gasteiger charge is -2.30. The Morgan fingerprint density at radius 3 is 2.55 bits per heavy atom. The van der Waals surface area contributed by atoms with Crippen LogP contribution < -0.4 is 16.8 Å². The first-order chi connectivity index (χ1) is 15.9. The Morgan fingerprint density at radius 1 is 1.06 bits per heavy atom. The van der Waals surface area contributed by atoms with E-state index in [1.54, 1.807) is 0 Å². The van der Waals surface area contributed by atoms with Gasteiger partial charge in [-0.3, -0.25) is 0 Å². The van der Waals surface area contributed by atoms with Gasteiger partial charge in [0.25, 0.3) is 0 Å². The molecule has 1 aliphatic carbocycles. The van der Waals surface area contributed by atoms with Crippen LogP contribution >= 0.6 is 11.6 Å². The van der Waals surface area contributed by atoms with Gasteiger partial charge in [0.1, 0.15) is 5.82 Å². The van der Waals surface area contributed by atoms with Crippen molar-refractivity contribution >= 4 is 46.4 Å². The van der Waals surface area contributed by atoms with Gasteiger partial charge in [0.2, 0.25) is 0 Å². The molecule has 4 rings (SSSR count). The zero-order chi connectivity index (χ0) is 23.4. The van der Waals surface area contributed by atoms with E-state index in [9.17, 15) is 0 Å². The lowest BCUT2D eigenvalue weighted by Crippen LogP contribution is -2.38. The lowest BCUT2D eigenvalue weighted by molar-refractivity contribution is 0.405. The van der Waals surface area contributed by atoms with Crippen LogP contribution in [-0.2, 0) is 0 Å². The van der Waals surface area contributed by atoms with Gasteiger partial charge in [0.05, 0.1) is 17.6 Å². The number of benzene rings is 2. The molecule has 3 aromatic rings. The van der Waals surface area contributed by atoms with Crippen LogP contribution in [0.25, 0.3) is 23.1 Å². The van der Waals surface area contributed by atoms with Gasteiger partial charge in [0, 0.05) is 10.4 Å². The summed E-state index contributed by atoms with van der Waals surface area (Å²) in [6.45, 7) is 4.38. The van der Waals surface area contributed by atoms with Crippen molar-refractivity contribution in [1.29, 1.82) is 0 Å². The van der Waals surface area contributed by atoms with E-state index in [1.165, 1.54) is 5.56 Å². The summed E-state index contributed by atoms with van der Waals surface area (Å²) >= 11 is 6.00. The summed E-state index contributed by atoms with van der Waals surface area (Å²) < 4.78 is 0. The summed E-state index contributed by atoms with van der Waals surface area (Å²) in [7, 11) is 0. The van der Waals surface area contributed by atoms with Gasteiger partial charge in [-0.25, -0.2) is 15.0 Å². The first kappa shape index (κ1) is 23.1. The number of halogens is 1. The quantitative estimate of drug-likeness (QED) is 0.328. The average molecular weight is 463 g/mol. The molecule has 33 heavy (non-hydrogen) atoms. The van der Waals surface area contributed by atoms with Crippen LogP contribution in [0.5, 0.6) is 0 Å². The number of hydrogen-bond acceptors (Lipinski definition) is 4. The van der Waals surface area contributed by atoms with E-state index >= 15 is 0 Å². The number of nitrogens with two attached hydrogens (primary N) is 2. The highest BCUT2D eigenvalue weighted by atomic mass is 35.5. The van der Waals surface area contributed by atoms with Gasteiger partial charge in [-0.15, -0.1) is 0 Å². The molecule has 1 aromatic heterocycles. The van der Waals surface area contributed by atoms with Crippen LogP contribution in [0.4, 0.5) is 5.82 Å². The molecule has 0 unspecified atom stereocenters. The third kappa shape index (κ3) is 5.82. The van der Waals surface area contributed by atoms with Gasteiger partial charge in [-0.2, -0.15) is 0 Å². The molecule has 6 nitrogen and oxygen atoms in total. The Labute approximate surface area is 200 Å². The number of nitrogens with one attached hydrogen (secondary N) is 1. The second kappa shape index (κ2) is 10.2. The van der Waals surface area contributed by atoms with Gasteiger partial charge in [-0.05, 0) is 60.2 Å². The molecule has 0 saturated heterocycles. The monoisotopic (exact) mass is 462 g/mol. The molecule has 7 heteroatoms. The van der Waals surface area contributed by atoms with Crippen LogP contribution in [0.2, 0.25) is 5.02 Å². The number of anilines is 1. The van der Waals surface area contributed by atoms with E-state index < -0.39 is 0 Å². The highest BCUT2D eigenvalue weighted by Gasteiger charge is 2.26. The van der Waals surface area contributed by atoms with Crippen molar-refractivity contribution in [2.24, 2.45) is 16.5 Å². The van der Waals surface area contributed by atoms with Crippen LogP contribution in [0.15, 0.2) is 47.5 Å². The van der Waals surface area contributed by atoms with E-state index in [1.807, 2.05) is 36.4 Å². The van der Waals surface area contributed by atoms with Crippen molar-refractivity contribution in [2.75, 3.05) is 5.32 Å². The summed E-state index contributed by atoms with van der Waals surface area (Å²) in [6.07, 6.45) is 8.13. The lowest BCUT2D eigenvalue weighted by atomic mass is 9.90. The second-order valence-electron chi connectivity index (χ2n) is 8.90. The molecule has 0 aliphatic heterocycles. The fourth-order valence-electron chi connectivity index (χ4n) is 4.25. The molecule has 5 N–H and O–H groups in total. The highest BCUT2D eigenvalue weighted by molar-refractivity contribution is 6.30. The fourth-order valence-corrected chi connectivity index (χ4v) is 4.38. The SMILES string of the molecule is CC(C)c1ccc2nc(C=Cc3ccc(Cl)cc3)nc(N[C@H]3CCCC[C@H]3N=C(N)N)c2c1. The van der Waals surface area contributed by atoms with Crippen molar-refractivity contribution in [1.82, 2.24) is 9.97 Å². The van der Waals surface area contributed by atoms with Crippen molar-refractivity contribution in [3.63, 3.8) is 0 Å². The number of fused-ring (bicyclic) bond motifs is 1. The molecule has 0 radical (unpaired) electrons. The number of rotatable bonds is 6. The smallest absolute Gasteiger partial charge is 0.186 e. The van der Waals surface area contributed by atoms with Crippen LogP contribution in [0.3, 0.4) is 0 Å². The number of aliphatic imine (C=N–C) groups is 1. The molecule has 1 aliphatic rings. The number of hydrogen-bond donors (Lipinski definition) is 3. The Morgan fingerprint density at radius 2 is 1.82 bits per heavy atom. The molecule has 0 amide bonds. The normalized spacial score (nSPS) is 18.7. The molecule has 0 bridgehead atoms. The maximum atomic E-state index is 6.00. The maximum absolute atomic E-state index is 6.00. The average Bonchev–Trinajstić information content (AvgIpc) is 2.79. The zero-order valence-electron chi connectivity index (χ0n) is 19.1. The minimum atomic E-state index is 0.0371. The first-order valence-electron chi connectivity index (χ1n) is 11.5. The highest BCUT2D eigenvalue weighted by Crippen LogP contribution is 2.30. The Hall–Kier alpha value is -3.12. The number of nitrogens with zero attached hydrogens (tertiary/aromatic N) is 3. The van der Waals surface area contributed by atoms with Crippen molar-refractivity contribution in [3.8, 4) is 0 Å². The second-order valence-corrected chi connectivity index (χ2v) is 9.34. The predicted molar refractivity (Wildman–Crippen MR) is 139 cm³/mol. The van der Waals surface area contributed by atoms with Gasteiger partial charge < -0.3 is 16.8 Å². The van der Waals surface area contributed by atoms with E-state index in [4.69, 9.17) is 33.0 Å². The topological polar surface area (TPSA) is 102 Å². The molecule has 172 valence electrons. The van der Waals surface area contributed by atoms with Crippen LogP contribution in [-0.4, -0.2) is 28.0 Å². The Balaban J connectivity index is 1.73. The molecular formula is C26H31ClN6.